The first-order valence-corrected chi connectivity index (χ1v) is 7.52. The normalized spacial score (nSPS) is 22.6. The van der Waals surface area contributed by atoms with Crippen LogP contribution in [0.15, 0.2) is 36.8 Å². The molecule has 1 saturated carbocycles. The predicted molar refractivity (Wildman–Crippen MR) is 81.0 cm³/mol. The molecule has 2 unspecified atom stereocenters. The second-order valence-corrected chi connectivity index (χ2v) is 5.84. The Hall–Kier alpha value is -1.84. The van der Waals surface area contributed by atoms with Gasteiger partial charge in [-0.2, -0.15) is 5.10 Å². The average molecular weight is 270 g/mol. The van der Waals surface area contributed by atoms with Gasteiger partial charge in [0.2, 0.25) is 0 Å². The molecule has 0 radical (unpaired) electrons. The first-order chi connectivity index (χ1) is 9.83. The number of rotatable bonds is 4. The molecular weight excluding hydrogens is 248 g/mol. The lowest BCUT2D eigenvalue weighted by molar-refractivity contribution is 0.293. The third-order valence-corrected chi connectivity index (χ3v) is 4.13. The van der Waals surface area contributed by atoms with Gasteiger partial charge in [-0.15, -0.1) is 0 Å². The van der Waals surface area contributed by atoms with Crippen LogP contribution in [0.5, 0.6) is 0 Å². The molecule has 1 aliphatic carbocycles. The maximum atomic E-state index is 4.44. The fraction of sp³-hybridized carbons (Fsp3) is 0.500. The maximum Gasteiger partial charge on any atom is 0.176 e. The van der Waals surface area contributed by atoms with Crippen LogP contribution < -0.4 is 5.32 Å². The minimum atomic E-state index is 0.782. The third-order valence-electron chi connectivity index (χ3n) is 4.13. The van der Waals surface area contributed by atoms with E-state index in [1.807, 2.05) is 29.2 Å². The van der Waals surface area contributed by atoms with Crippen LogP contribution in [-0.4, -0.2) is 21.3 Å². The molecule has 1 fully saturated rings. The summed E-state index contributed by atoms with van der Waals surface area (Å²) in [5.74, 6) is 2.53. The third kappa shape index (κ3) is 3.00. The van der Waals surface area contributed by atoms with Crippen LogP contribution in [0.1, 0.15) is 32.6 Å². The zero-order chi connectivity index (χ0) is 13.8. The molecular formula is C16H22N4. The van der Waals surface area contributed by atoms with E-state index in [-0.39, 0.29) is 0 Å². The van der Waals surface area contributed by atoms with Crippen molar-refractivity contribution in [2.45, 2.75) is 32.6 Å². The van der Waals surface area contributed by atoms with Gasteiger partial charge in [0, 0.05) is 25.1 Å². The Morgan fingerprint density at radius 3 is 3.05 bits per heavy atom. The van der Waals surface area contributed by atoms with E-state index < -0.39 is 0 Å². The van der Waals surface area contributed by atoms with Gasteiger partial charge in [-0.3, -0.25) is 0 Å². The molecule has 0 bridgehead atoms. The topological polar surface area (TPSA) is 42.7 Å². The number of pyridine rings is 1. The molecule has 20 heavy (non-hydrogen) atoms. The average Bonchev–Trinajstić information content (AvgIpc) is 3.00. The standard InChI is InChI=1S/C16H22N4/c1-13-5-2-6-14(11-13)12-18-15-7-3-8-17-16(15)20-10-4-9-19-20/h3-4,7-10,13-14,18H,2,5-6,11-12H2,1H3. The van der Waals surface area contributed by atoms with E-state index in [1.165, 1.54) is 25.7 Å². The van der Waals surface area contributed by atoms with Crippen molar-refractivity contribution in [1.29, 1.82) is 0 Å². The Bertz CT molecular complexity index is 535. The molecule has 1 aliphatic rings. The summed E-state index contributed by atoms with van der Waals surface area (Å²) in [5.41, 5.74) is 1.06. The van der Waals surface area contributed by atoms with Gasteiger partial charge in [-0.25, -0.2) is 9.67 Å². The van der Waals surface area contributed by atoms with Crippen LogP contribution >= 0.6 is 0 Å². The summed E-state index contributed by atoms with van der Waals surface area (Å²) in [4.78, 5) is 4.44. The molecule has 0 aliphatic heterocycles. The van der Waals surface area contributed by atoms with Gasteiger partial charge in [0.15, 0.2) is 5.82 Å². The zero-order valence-electron chi connectivity index (χ0n) is 12.0. The van der Waals surface area contributed by atoms with Crippen molar-refractivity contribution >= 4 is 5.69 Å². The summed E-state index contributed by atoms with van der Waals surface area (Å²) in [6.45, 7) is 3.40. The Balaban J connectivity index is 1.68. The van der Waals surface area contributed by atoms with Crippen LogP contribution in [0, 0.1) is 11.8 Å². The van der Waals surface area contributed by atoms with Crippen molar-refractivity contribution in [2.24, 2.45) is 11.8 Å². The summed E-state index contributed by atoms with van der Waals surface area (Å²) in [6.07, 6.45) is 11.0. The highest BCUT2D eigenvalue weighted by atomic mass is 15.3. The number of hydrogen-bond donors (Lipinski definition) is 1. The van der Waals surface area contributed by atoms with Crippen LogP contribution in [-0.2, 0) is 0 Å². The molecule has 4 nitrogen and oxygen atoms in total. The van der Waals surface area contributed by atoms with Gasteiger partial charge in [0.1, 0.15) is 0 Å². The van der Waals surface area contributed by atoms with E-state index >= 15 is 0 Å². The van der Waals surface area contributed by atoms with Gasteiger partial charge in [0.25, 0.3) is 0 Å². The molecule has 0 amide bonds. The van der Waals surface area contributed by atoms with Crippen molar-refractivity contribution in [2.75, 3.05) is 11.9 Å². The van der Waals surface area contributed by atoms with Crippen LogP contribution in [0.2, 0.25) is 0 Å². The molecule has 4 heteroatoms. The highest BCUT2D eigenvalue weighted by Gasteiger charge is 2.19. The van der Waals surface area contributed by atoms with E-state index in [4.69, 9.17) is 0 Å². The zero-order valence-corrected chi connectivity index (χ0v) is 12.0. The lowest BCUT2D eigenvalue weighted by Gasteiger charge is -2.27. The Labute approximate surface area is 120 Å². The van der Waals surface area contributed by atoms with Crippen molar-refractivity contribution < 1.29 is 0 Å². The fourth-order valence-electron chi connectivity index (χ4n) is 3.11. The van der Waals surface area contributed by atoms with Crippen molar-refractivity contribution in [1.82, 2.24) is 14.8 Å². The summed E-state index contributed by atoms with van der Waals surface area (Å²) < 4.78 is 1.81. The molecule has 2 aromatic heterocycles. The van der Waals surface area contributed by atoms with Gasteiger partial charge in [0.05, 0.1) is 5.69 Å². The minimum Gasteiger partial charge on any atom is -0.382 e. The molecule has 0 aromatic carbocycles. The molecule has 2 atom stereocenters. The number of hydrogen-bond acceptors (Lipinski definition) is 3. The molecule has 0 saturated heterocycles. The summed E-state index contributed by atoms with van der Waals surface area (Å²) in [5, 5.41) is 7.84. The van der Waals surface area contributed by atoms with E-state index in [9.17, 15) is 0 Å². The van der Waals surface area contributed by atoms with E-state index in [1.54, 1.807) is 6.20 Å². The van der Waals surface area contributed by atoms with Crippen LogP contribution in [0.25, 0.3) is 5.82 Å². The Kier molecular flexibility index (Phi) is 4.00. The van der Waals surface area contributed by atoms with E-state index in [0.717, 1.165) is 29.9 Å². The Morgan fingerprint density at radius 1 is 1.30 bits per heavy atom. The number of aromatic nitrogens is 3. The number of anilines is 1. The molecule has 2 aromatic rings. The van der Waals surface area contributed by atoms with Crippen molar-refractivity contribution in [3.8, 4) is 5.82 Å². The number of nitrogens with one attached hydrogen (secondary N) is 1. The molecule has 106 valence electrons. The minimum absolute atomic E-state index is 0.782. The van der Waals surface area contributed by atoms with Gasteiger partial charge >= 0.3 is 0 Å². The van der Waals surface area contributed by atoms with E-state index in [0.29, 0.717) is 0 Å². The fourth-order valence-corrected chi connectivity index (χ4v) is 3.11. The lowest BCUT2D eigenvalue weighted by Crippen LogP contribution is -2.21. The second kappa shape index (κ2) is 6.07. The van der Waals surface area contributed by atoms with Crippen LogP contribution in [0.3, 0.4) is 0 Å². The highest BCUT2D eigenvalue weighted by Crippen LogP contribution is 2.29. The molecule has 3 rings (SSSR count). The van der Waals surface area contributed by atoms with Crippen molar-refractivity contribution in [3.05, 3.63) is 36.8 Å². The largest absolute Gasteiger partial charge is 0.382 e. The molecule has 2 heterocycles. The summed E-state index contributed by atoms with van der Waals surface area (Å²) in [6, 6.07) is 5.97. The first kappa shape index (κ1) is 13.2. The maximum absolute atomic E-state index is 4.44. The summed E-state index contributed by atoms with van der Waals surface area (Å²) >= 11 is 0. The van der Waals surface area contributed by atoms with Gasteiger partial charge < -0.3 is 5.32 Å². The predicted octanol–water partition coefficient (Wildman–Crippen LogP) is 3.51. The smallest absolute Gasteiger partial charge is 0.176 e. The SMILES string of the molecule is CC1CCCC(CNc2cccnc2-n2cccn2)C1. The highest BCUT2D eigenvalue weighted by molar-refractivity contribution is 5.56. The van der Waals surface area contributed by atoms with Gasteiger partial charge in [-0.1, -0.05) is 19.8 Å². The number of nitrogens with zero attached hydrogens (tertiary/aromatic N) is 3. The lowest BCUT2D eigenvalue weighted by atomic mass is 9.82. The Morgan fingerprint density at radius 2 is 2.25 bits per heavy atom. The monoisotopic (exact) mass is 270 g/mol. The second-order valence-electron chi connectivity index (χ2n) is 5.84. The van der Waals surface area contributed by atoms with Crippen LogP contribution in [0.4, 0.5) is 5.69 Å². The van der Waals surface area contributed by atoms with Crippen molar-refractivity contribution in [3.63, 3.8) is 0 Å². The molecule has 1 N–H and O–H groups in total. The summed E-state index contributed by atoms with van der Waals surface area (Å²) in [7, 11) is 0. The quantitative estimate of drug-likeness (QED) is 0.924. The first-order valence-electron chi connectivity index (χ1n) is 7.52. The molecule has 0 spiro atoms. The van der Waals surface area contributed by atoms with E-state index in [2.05, 4.69) is 28.4 Å². The van der Waals surface area contributed by atoms with Gasteiger partial charge in [-0.05, 0) is 42.9 Å².